The number of para-hydroxylation sites is 1. The number of carbonyl (C=O) groups excluding carboxylic acids is 2. The van der Waals surface area contributed by atoms with Crippen LogP contribution in [0.3, 0.4) is 0 Å². The molecule has 0 radical (unpaired) electrons. The molecule has 7 nitrogen and oxygen atoms in total. The Morgan fingerprint density at radius 3 is 2.66 bits per heavy atom. The molecule has 2 aromatic carbocycles. The lowest BCUT2D eigenvalue weighted by molar-refractivity contribution is -0.123. The monoisotopic (exact) mass is 397 g/mol. The first-order chi connectivity index (χ1) is 14.1. The highest BCUT2D eigenvalue weighted by Crippen LogP contribution is 2.19. The molecule has 0 aromatic heterocycles. The van der Waals surface area contributed by atoms with Crippen molar-refractivity contribution in [3.8, 4) is 5.75 Å². The maximum absolute atomic E-state index is 12.1. The summed E-state index contributed by atoms with van der Waals surface area (Å²) in [5, 5.41) is 15.5. The lowest BCUT2D eigenvalue weighted by Gasteiger charge is -2.30. The summed E-state index contributed by atoms with van der Waals surface area (Å²) >= 11 is 0. The summed E-state index contributed by atoms with van der Waals surface area (Å²) in [4.78, 5) is 26.1. The molecular formula is C22H27N3O4. The zero-order valence-corrected chi connectivity index (χ0v) is 16.6. The third-order valence-corrected chi connectivity index (χ3v) is 4.93. The largest absolute Gasteiger partial charge is 0.483 e. The zero-order chi connectivity index (χ0) is 20.6. The van der Waals surface area contributed by atoms with Gasteiger partial charge in [0.15, 0.2) is 6.61 Å². The molecular weight excluding hydrogens is 370 g/mol. The third-order valence-electron chi connectivity index (χ3n) is 4.93. The summed E-state index contributed by atoms with van der Waals surface area (Å²) in [6, 6.07) is 15.1. The Morgan fingerprint density at radius 1 is 1.14 bits per heavy atom. The van der Waals surface area contributed by atoms with E-state index in [-0.39, 0.29) is 25.0 Å². The van der Waals surface area contributed by atoms with Gasteiger partial charge in [0, 0.05) is 33.2 Å². The molecule has 2 amide bonds. The molecule has 29 heavy (non-hydrogen) atoms. The molecule has 1 aliphatic rings. The average molecular weight is 397 g/mol. The van der Waals surface area contributed by atoms with Crippen LogP contribution in [0.1, 0.15) is 21.5 Å². The molecule has 154 valence electrons. The summed E-state index contributed by atoms with van der Waals surface area (Å²) in [5.74, 6) is -0.284. The van der Waals surface area contributed by atoms with Crippen molar-refractivity contribution in [1.82, 2.24) is 15.5 Å². The van der Waals surface area contributed by atoms with Crippen molar-refractivity contribution in [2.75, 3.05) is 33.3 Å². The van der Waals surface area contributed by atoms with Gasteiger partial charge in [-0.2, -0.15) is 0 Å². The molecule has 0 fully saturated rings. The Labute approximate surface area is 170 Å². The van der Waals surface area contributed by atoms with E-state index in [0.29, 0.717) is 17.9 Å². The van der Waals surface area contributed by atoms with E-state index in [2.05, 4.69) is 27.7 Å². The van der Waals surface area contributed by atoms with Crippen LogP contribution >= 0.6 is 0 Å². The molecule has 0 bridgehead atoms. The molecule has 1 atom stereocenters. The Morgan fingerprint density at radius 2 is 1.86 bits per heavy atom. The lowest BCUT2D eigenvalue weighted by atomic mass is 10.00. The van der Waals surface area contributed by atoms with Crippen molar-refractivity contribution in [3.63, 3.8) is 0 Å². The van der Waals surface area contributed by atoms with E-state index in [9.17, 15) is 14.7 Å². The minimum Gasteiger partial charge on any atom is -0.483 e. The van der Waals surface area contributed by atoms with E-state index in [1.807, 2.05) is 12.1 Å². The van der Waals surface area contributed by atoms with Crippen LogP contribution in [0, 0.1) is 0 Å². The van der Waals surface area contributed by atoms with Crippen LogP contribution in [-0.2, 0) is 17.8 Å². The number of benzene rings is 2. The predicted molar refractivity (Wildman–Crippen MR) is 110 cm³/mol. The van der Waals surface area contributed by atoms with Gasteiger partial charge in [0.2, 0.25) is 0 Å². The number of hydrogen-bond acceptors (Lipinski definition) is 5. The van der Waals surface area contributed by atoms with E-state index < -0.39 is 6.10 Å². The van der Waals surface area contributed by atoms with E-state index in [4.69, 9.17) is 4.74 Å². The maximum atomic E-state index is 12.1. The smallest absolute Gasteiger partial charge is 0.258 e. The summed E-state index contributed by atoms with van der Waals surface area (Å²) in [6.45, 7) is 2.12. The molecule has 3 N–H and O–H groups in total. The fourth-order valence-electron chi connectivity index (χ4n) is 3.41. The minimum atomic E-state index is -0.664. The molecule has 1 unspecified atom stereocenters. The number of nitrogens with zero attached hydrogens (tertiary/aromatic N) is 1. The number of fused-ring (bicyclic) bond motifs is 1. The van der Waals surface area contributed by atoms with Crippen molar-refractivity contribution >= 4 is 11.8 Å². The number of hydrogen-bond donors (Lipinski definition) is 3. The van der Waals surface area contributed by atoms with Gasteiger partial charge in [0.05, 0.1) is 11.7 Å². The number of amides is 2. The number of aliphatic hydroxyl groups is 1. The summed E-state index contributed by atoms with van der Waals surface area (Å²) < 4.78 is 5.48. The normalized spacial score (nSPS) is 14.6. The fourth-order valence-corrected chi connectivity index (χ4v) is 3.41. The number of nitrogens with one attached hydrogen (secondary N) is 2. The number of β-amino-alcohol motifs (C(OH)–C–C–N with tert-alkyl or cyclic N) is 1. The topological polar surface area (TPSA) is 90.9 Å². The molecule has 7 heteroatoms. The fraction of sp³-hybridized carbons (Fsp3) is 0.364. The molecule has 2 aromatic rings. The molecule has 0 saturated heterocycles. The Kier molecular flexibility index (Phi) is 7.21. The maximum Gasteiger partial charge on any atom is 0.258 e. The van der Waals surface area contributed by atoms with Crippen LogP contribution < -0.4 is 15.4 Å². The summed E-state index contributed by atoms with van der Waals surface area (Å²) in [7, 11) is 1.54. The molecule has 1 heterocycles. The first-order valence-electron chi connectivity index (χ1n) is 9.74. The third kappa shape index (κ3) is 5.79. The van der Waals surface area contributed by atoms with Crippen molar-refractivity contribution in [2.45, 2.75) is 19.1 Å². The van der Waals surface area contributed by atoms with E-state index in [0.717, 1.165) is 19.5 Å². The molecule has 0 aliphatic carbocycles. The summed E-state index contributed by atoms with van der Waals surface area (Å²) in [5.41, 5.74) is 3.02. The standard InChI is InChI=1S/C22H27N3O4/c1-23-22(28)19-8-4-5-9-20(19)29-15-21(27)24-12-18(26)14-25-11-10-16-6-2-3-7-17(16)13-25/h2-9,18,26H,10-15H2,1H3,(H,23,28)(H,24,27). The Bertz CT molecular complexity index is 855. The van der Waals surface area contributed by atoms with Crippen LogP contribution in [0.5, 0.6) is 5.75 Å². The van der Waals surface area contributed by atoms with E-state index in [1.54, 1.807) is 24.3 Å². The van der Waals surface area contributed by atoms with Crippen molar-refractivity contribution in [3.05, 3.63) is 65.2 Å². The van der Waals surface area contributed by atoms with Gasteiger partial charge in [-0.15, -0.1) is 0 Å². The quantitative estimate of drug-likeness (QED) is 0.617. The second kappa shape index (κ2) is 10.0. The van der Waals surface area contributed by atoms with Gasteiger partial charge in [-0.25, -0.2) is 0 Å². The second-order valence-corrected chi connectivity index (χ2v) is 7.08. The molecule has 3 rings (SSSR count). The van der Waals surface area contributed by atoms with E-state index >= 15 is 0 Å². The van der Waals surface area contributed by atoms with Gasteiger partial charge in [-0.1, -0.05) is 36.4 Å². The Balaban J connectivity index is 1.41. The number of ether oxygens (including phenoxy) is 1. The van der Waals surface area contributed by atoms with Crippen LogP contribution in [0.25, 0.3) is 0 Å². The Hall–Kier alpha value is -2.90. The SMILES string of the molecule is CNC(=O)c1ccccc1OCC(=O)NCC(O)CN1CCc2ccccc2C1. The van der Waals surface area contributed by atoms with Crippen LogP contribution in [0.2, 0.25) is 0 Å². The molecule has 0 spiro atoms. The van der Waals surface area contributed by atoms with Crippen molar-refractivity contribution in [1.29, 1.82) is 0 Å². The predicted octanol–water partition coefficient (Wildman–Crippen LogP) is 0.960. The van der Waals surface area contributed by atoms with Crippen LogP contribution in [0.4, 0.5) is 0 Å². The molecule has 0 saturated carbocycles. The minimum absolute atomic E-state index is 0.150. The van der Waals surface area contributed by atoms with Crippen molar-refractivity contribution < 1.29 is 19.4 Å². The van der Waals surface area contributed by atoms with Crippen LogP contribution in [-0.4, -0.2) is 61.2 Å². The van der Waals surface area contributed by atoms with Crippen LogP contribution in [0.15, 0.2) is 48.5 Å². The second-order valence-electron chi connectivity index (χ2n) is 7.08. The lowest BCUT2D eigenvalue weighted by Crippen LogP contribution is -2.42. The number of carbonyl (C=O) groups is 2. The first-order valence-corrected chi connectivity index (χ1v) is 9.74. The van der Waals surface area contributed by atoms with Gasteiger partial charge < -0.3 is 20.5 Å². The number of aliphatic hydroxyl groups excluding tert-OH is 1. The van der Waals surface area contributed by atoms with Gasteiger partial charge in [-0.05, 0) is 29.7 Å². The zero-order valence-electron chi connectivity index (χ0n) is 16.6. The number of rotatable bonds is 8. The first kappa shape index (κ1) is 20.8. The van der Waals surface area contributed by atoms with E-state index in [1.165, 1.54) is 18.2 Å². The summed E-state index contributed by atoms with van der Waals surface area (Å²) in [6.07, 6.45) is 0.302. The average Bonchev–Trinajstić information content (AvgIpc) is 2.75. The van der Waals surface area contributed by atoms with Gasteiger partial charge in [0.25, 0.3) is 11.8 Å². The highest BCUT2D eigenvalue weighted by atomic mass is 16.5. The van der Waals surface area contributed by atoms with Gasteiger partial charge >= 0.3 is 0 Å². The highest BCUT2D eigenvalue weighted by Gasteiger charge is 2.19. The van der Waals surface area contributed by atoms with Crippen molar-refractivity contribution in [2.24, 2.45) is 0 Å². The molecule has 1 aliphatic heterocycles. The van der Waals surface area contributed by atoms with Gasteiger partial charge in [0.1, 0.15) is 5.75 Å². The van der Waals surface area contributed by atoms with Gasteiger partial charge in [-0.3, -0.25) is 14.5 Å². The highest BCUT2D eigenvalue weighted by molar-refractivity contribution is 5.96.